The van der Waals surface area contributed by atoms with E-state index >= 15 is 0 Å². The molecule has 0 fully saturated rings. The molecule has 0 aliphatic rings. The zero-order chi connectivity index (χ0) is 18.7. The molecular weight excluding hydrogens is 350 g/mol. The molecule has 0 aliphatic carbocycles. The van der Waals surface area contributed by atoms with Gasteiger partial charge in [-0.15, -0.1) is 10.2 Å². The lowest BCUT2D eigenvalue weighted by molar-refractivity contribution is -0.116. The lowest BCUT2D eigenvalue weighted by Crippen LogP contribution is -2.18. The first-order valence-corrected chi connectivity index (χ1v) is 8.25. The van der Waals surface area contributed by atoms with Gasteiger partial charge in [0.15, 0.2) is 5.69 Å². The Morgan fingerprint density at radius 1 is 1.23 bits per heavy atom. The van der Waals surface area contributed by atoms with Crippen LogP contribution in [-0.2, 0) is 11.3 Å². The number of thiocarbonyl (C=S) groups is 1. The molecule has 8 heteroatoms. The van der Waals surface area contributed by atoms with Crippen LogP contribution >= 0.6 is 12.2 Å². The van der Waals surface area contributed by atoms with Crippen molar-refractivity contribution in [2.75, 3.05) is 5.32 Å². The van der Waals surface area contributed by atoms with Gasteiger partial charge in [0.2, 0.25) is 16.9 Å². The molecule has 3 aromatic rings. The molecule has 4 N–H and O–H groups in total. The molecule has 0 saturated carbocycles. The highest BCUT2D eigenvalue weighted by molar-refractivity contribution is 7.80. The molecule has 0 saturated heterocycles. The average Bonchev–Trinajstić information content (AvgIpc) is 2.87. The smallest absolute Gasteiger partial charge is 0.244 e. The Balaban J connectivity index is 1.95. The maximum absolute atomic E-state index is 12.5. The predicted molar refractivity (Wildman–Crippen MR) is 105 cm³/mol. The summed E-state index contributed by atoms with van der Waals surface area (Å²) >= 11 is 4.69. The predicted octanol–water partition coefficient (Wildman–Crippen LogP) is 3.62. The molecular formula is C18H17N5O2S. The summed E-state index contributed by atoms with van der Waals surface area (Å²) in [6.07, 6.45) is 0. The summed E-state index contributed by atoms with van der Waals surface area (Å²) < 4.78 is 1.47. The van der Waals surface area contributed by atoms with Crippen molar-refractivity contribution in [2.45, 2.75) is 13.5 Å². The zero-order valence-electron chi connectivity index (χ0n) is 14.0. The molecule has 0 bridgehead atoms. The minimum atomic E-state index is -0.270. The maximum Gasteiger partial charge on any atom is 0.244 e. The number of azo groups is 1. The first-order valence-electron chi connectivity index (χ1n) is 7.84. The summed E-state index contributed by atoms with van der Waals surface area (Å²) in [5, 5.41) is 21.4. The van der Waals surface area contributed by atoms with E-state index in [-0.39, 0.29) is 29.1 Å². The Morgan fingerprint density at radius 3 is 2.65 bits per heavy atom. The fourth-order valence-electron chi connectivity index (χ4n) is 2.68. The van der Waals surface area contributed by atoms with Gasteiger partial charge in [0.25, 0.3) is 0 Å². The lowest BCUT2D eigenvalue weighted by atomic mass is 10.2. The molecule has 0 atom stereocenters. The molecule has 0 aliphatic heterocycles. The molecule has 0 spiro atoms. The van der Waals surface area contributed by atoms with Gasteiger partial charge in [0.1, 0.15) is 6.54 Å². The first-order chi connectivity index (χ1) is 12.5. The van der Waals surface area contributed by atoms with Gasteiger partial charge in [0.05, 0.1) is 5.52 Å². The van der Waals surface area contributed by atoms with Gasteiger partial charge >= 0.3 is 0 Å². The summed E-state index contributed by atoms with van der Waals surface area (Å²) in [5.41, 5.74) is 7.89. The van der Waals surface area contributed by atoms with Crippen LogP contribution in [0.1, 0.15) is 5.56 Å². The van der Waals surface area contributed by atoms with Crippen LogP contribution in [0.4, 0.5) is 11.4 Å². The molecule has 3 rings (SSSR count). The van der Waals surface area contributed by atoms with Gasteiger partial charge in [-0.3, -0.25) is 4.79 Å². The number of rotatable bonds is 4. The largest absolute Gasteiger partial charge is 0.493 e. The van der Waals surface area contributed by atoms with E-state index in [0.29, 0.717) is 10.9 Å². The van der Waals surface area contributed by atoms with Crippen molar-refractivity contribution in [2.24, 2.45) is 16.0 Å². The molecule has 2 aromatic carbocycles. The summed E-state index contributed by atoms with van der Waals surface area (Å²) in [7, 11) is 0. The van der Waals surface area contributed by atoms with Crippen molar-refractivity contribution < 1.29 is 9.90 Å². The maximum atomic E-state index is 12.5. The SMILES string of the molecule is Cc1ccccc1NC(=O)Cn1c(O)c(N=NC(N)=S)c2ccccc21. The van der Waals surface area contributed by atoms with E-state index in [0.717, 1.165) is 11.3 Å². The van der Waals surface area contributed by atoms with E-state index in [1.165, 1.54) is 4.57 Å². The zero-order valence-corrected chi connectivity index (χ0v) is 14.8. The van der Waals surface area contributed by atoms with Crippen LogP contribution in [0.25, 0.3) is 10.9 Å². The third-order valence-corrected chi connectivity index (χ3v) is 3.97. The quantitative estimate of drug-likeness (QED) is 0.484. The number of aromatic hydroxyl groups is 1. The van der Waals surface area contributed by atoms with Crippen LogP contribution < -0.4 is 11.1 Å². The average molecular weight is 367 g/mol. The molecule has 1 amide bonds. The highest BCUT2D eigenvalue weighted by Gasteiger charge is 2.18. The Bertz CT molecular complexity index is 1030. The van der Waals surface area contributed by atoms with Crippen molar-refractivity contribution in [1.82, 2.24) is 4.57 Å². The van der Waals surface area contributed by atoms with E-state index < -0.39 is 0 Å². The molecule has 1 heterocycles. The Morgan fingerprint density at radius 2 is 1.92 bits per heavy atom. The second-order valence-electron chi connectivity index (χ2n) is 5.68. The number of hydrogen-bond acceptors (Lipinski definition) is 4. The Kier molecular flexibility index (Phi) is 4.94. The molecule has 1 aromatic heterocycles. The number of aryl methyl sites for hydroxylation is 1. The van der Waals surface area contributed by atoms with Gasteiger partial charge < -0.3 is 20.7 Å². The Labute approximate surface area is 155 Å². The summed E-state index contributed by atoms with van der Waals surface area (Å²) in [6.45, 7) is 1.83. The molecule has 7 nitrogen and oxygen atoms in total. The van der Waals surface area contributed by atoms with Crippen LogP contribution in [0, 0.1) is 6.92 Å². The summed E-state index contributed by atoms with van der Waals surface area (Å²) in [4.78, 5) is 12.5. The molecule has 0 unspecified atom stereocenters. The fourth-order valence-corrected chi connectivity index (χ4v) is 2.72. The second kappa shape index (κ2) is 7.32. The van der Waals surface area contributed by atoms with Crippen molar-refractivity contribution in [3.63, 3.8) is 0 Å². The highest BCUT2D eigenvalue weighted by Crippen LogP contribution is 2.38. The third-order valence-electron chi connectivity index (χ3n) is 3.89. The van der Waals surface area contributed by atoms with E-state index in [1.54, 1.807) is 18.2 Å². The number of aromatic nitrogens is 1. The number of nitrogens with two attached hydrogens (primary N) is 1. The van der Waals surface area contributed by atoms with Gasteiger partial charge in [-0.2, -0.15) is 0 Å². The number of hydrogen-bond donors (Lipinski definition) is 3. The number of carbonyl (C=O) groups is 1. The molecule has 0 radical (unpaired) electrons. The van der Waals surface area contributed by atoms with Gasteiger partial charge in [-0.1, -0.05) is 36.4 Å². The van der Waals surface area contributed by atoms with Gasteiger partial charge in [-0.05, 0) is 36.8 Å². The molecule has 26 heavy (non-hydrogen) atoms. The monoisotopic (exact) mass is 367 g/mol. The number of benzene rings is 2. The van der Waals surface area contributed by atoms with Crippen molar-refractivity contribution in [3.05, 3.63) is 54.1 Å². The first kappa shape index (κ1) is 17.6. The normalized spacial score (nSPS) is 11.1. The standard InChI is InChI=1S/C18H17N5O2S/c1-11-6-2-4-8-13(11)20-15(24)10-23-14-9-5-3-7-12(14)16(17(23)25)21-22-18(19)26/h2-9,25H,10H2,1H3,(H2,19,26)(H,20,24). The number of para-hydroxylation sites is 2. The number of carbonyl (C=O) groups excluding carboxylic acids is 1. The number of nitrogens with one attached hydrogen (secondary N) is 1. The van der Waals surface area contributed by atoms with Crippen molar-refractivity contribution in [3.8, 4) is 5.88 Å². The van der Waals surface area contributed by atoms with Crippen molar-refractivity contribution in [1.29, 1.82) is 0 Å². The van der Waals surface area contributed by atoms with Crippen LogP contribution in [-0.4, -0.2) is 20.7 Å². The van der Waals surface area contributed by atoms with Gasteiger partial charge in [-0.25, -0.2) is 0 Å². The second-order valence-corrected chi connectivity index (χ2v) is 6.10. The van der Waals surface area contributed by atoms with Crippen LogP contribution in [0.15, 0.2) is 58.8 Å². The minimum Gasteiger partial charge on any atom is -0.493 e. The minimum absolute atomic E-state index is 0.0801. The topological polar surface area (TPSA) is 105 Å². The fraction of sp³-hybridized carbons (Fsp3) is 0.111. The van der Waals surface area contributed by atoms with Gasteiger partial charge in [0, 0.05) is 11.1 Å². The highest BCUT2D eigenvalue weighted by atomic mass is 32.1. The van der Waals surface area contributed by atoms with Crippen LogP contribution in [0.2, 0.25) is 0 Å². The number of amides is 1. The van der Waals surface area contributed by atoms with Crippen molar-refractivity contribution >= 4 is 45.5 Å². The molecule has 132 valence electrons. The van der Waals surface area contributed by atoms with E-state index in [2.05, 4.69) is 27.8 Å². The number of fused-ring (bicyclic) bond motifs is 1. The van der Waals surface area contributed by atoms with Crippen LogP contribution in [0.3, 0.4) is 0 Å². The van der Waals surface area contributed by atoms with E-state index in [4.69, 9.17) is 5.73 Å². The van der Waals surface area contributed by atoms with Crippen LogP contribution in [0.5, 0.6) is 5.88 Å². The summed E-state index contributed by atoms with van der Waals surface area (Å²) in [5.74, 6) is -0.445. The van der Waals surface area contributed by atoms with E-state index in [1.807, 2.05) is 37.3 Å². The summed E-state index contributed by atoms with van der Waals surface area (Å²) in [6, 6.07) is 14.7. The Hall–Kier alpha value is -3.26. The number of nitrogens with zero attached hydrogens (tertiary/aromatic N) is 3. The third kappa shape index (κ3) is 3.55. The lowest BCUT2D eigenvalue weighted by Gasteiger charge is -2.10. The van der Waals surface area contributed by atoms with E-state index in [9.17, 15) is 9.90 Å². The number of anilines is 1.